The Labute approximate surface area is 76.4 Å². The van der Waals surface area contributed by atoms with Crippen molar-refractivity contribution >= 4 is 11.8 Å². The van der Waals surface area contributed by atoms with E-state index in [0.717, 1.165) is 12.2 Å². The van der Waals surface area contributed by atoms with Crippen LogP contribution in [0.3, 0.4) is 0 Å². The Balaban J connectivity index is 2.45. The lowest BCUT2D eigenvalue weighted by Crippen LogP contribution is -2.06. The SMILES string of the molecule is N#C[C@@H]1SCCc2ccccc21. The molecule has 1 nitrogen and oxygen atoms in total. The molecule has 0 N–H and O–H groups in total. The number of rotatable bonds is 0. The topological polar surface area (TPSA) is 23.8 Å². The molecule has 1 aliphatic rings. The van der Waals surface area contributed by atoms with E-state index >= 15 is 0 Å². The van der Waals surface area contributed by atoms with Crippen LogP contribution in [0.15, 0.2) is 24.3 Å². The van der Waals surface area contributed by atoms with Crippen molar-refractivity contribution < 1.29 is 0 Å². The summed E-state index contributed by atoms with van der Waals surface area (Å²) < 4.78 is 0. The molecule has 60 valence electrons. The van der Waals surface area contributed by atoms with Crippen LogP contribution in [0, 0.1) is 11.3 Å². The van der Waals surface area contributed by atoms with E-state index in [1.165, 1.54) is 11.1 Å². The van der Waals surface area contributed by atoms with E-state index in [0.29, 0.717) is 0 Å². The predicted molar refractivity (Wildman–Crippen MR) is 51.0 cm³/mol. The first-order chi connectivity index (χ1) is 5.92. The molecule has 0 fully saturated rings. The minimum Gasteiger partial charge on any atom is -0.197 e. The molecule has 2 heteroatoms. The van der Waals surface area contributed by atoms with Crippen molar-refractivity contribution in [2.75, 3.05) is 5.75 Å². The third-order valence-electron chi connectivity index (χ3n) is 2.11. The van der Waals surface area contributed by atoms with Crippen LogP contribution in [0.1, 0.15) is 16.4 Å². The number of thioether (sulfide) groups is 1. The monoisotopic (exact) mass is 175 g/mol. The Kier molecular flexibility index (Phi) is 2.05. The van der Waals surface area contributed by atoms with Gasteiger partial charge in [-0.3, -0.25) is 0 Å². The average Bonchev–Trinajstić information content (AvgIpc) is 2.17. The van der Waals surface area contributed by atoms with E-state index in [9.17, 15) is 0 Å². The van der Waals surface area contributed by atoms with Gasteiger partial charge in [0.2, 0.25) is 0 Å². The number of hydrogen-bond acceptors (Lipinski definition) is 2. The van der Waals surface area contributed by atoms with Gasteiger partial charge in [0.15, 0.2) is 0 Å². The number of hydrogen-bond donors (Lipinski definition) is 0. The smallest absolute Gasteiger partial charge is 0.117 e. The van der Waals surface area contributed by atoms with Crippen LogP contribution in [-0.4, -0.2) is 5.75 Å². The molecule has 0 saturated carbocycles. The van der Waals surface area contributed by atoms with Gasteiger partial charge < -0.3 is 0 Å². The van der Waals surface area contributed by atoms with Gasteiger partial charge in [-0.15, -0.1) is 11.8 Å². The maximum atomic E-state index is 8.87. The first-order valence-corrected chi connectivity index (χ1v) is 5.05. The Morgan fingerprint density at radius 3 is 3.08 bits per heavy atom. The van der Waals surface area contributed by atoms with Gasteiger partial charge in [-0.1, -0.05) is 24.3 Å². The van der Waals surface area contributed by atoms with Crippen molar-refractivity contribution in [1.29, 1.82) is 5.26 Å². The molecule has 12 heavy (non-hydrogen) atoms. The quantitative estimate of drug-likeness (QED) is 0.605. The second-order valence-electron chi connectivity index (χ2n) is 2.83. The van der Waals surface area contributed by atoms with Gasteiger partial charge in [-0.25, -0.2) is 0 Å². The van der Waals surface area contributed by atoms with Crippen molar-refractivity contribution in [2.45, 2.75) is 11.7 Å². The summed E-state index contributed by atoms with van der Waals surface area (Å²) in [5.41, 5.74) is 2.57. The summed E-state index contributed by atoms with van der Waals surface area (Å²) in [6.45, 7) is 0. The van der Waals surface area contributed by atoms with Crippen LogP contribution in [0.25, 0.3) is 0 Å². The number of aryl methyl sites for hydroxylation is 1. The third kappa shape index (κ3) is 1.21. The zero-order valence-electron chi connectivity index (χ0n) is 6.66. The zero-order valence-corrected chi connectivity index (χ0v) is 7.47. The summed E-state index contributed by atoms with van der Waals surface area (Å²) in [5, 5.41) is 8.93. The molecule has 0 saturated heterocycles. The van der Waals surface area contributed by atoms with E-state index in [1.807, 2.05) is 12.1 Å². The lowest BCUT2D eigenvalue weighted by atomic mass is 10.0. The molecule has 1 aromatic carbocycles. The fourth-order valence-corrected chi connectivity index (χ4v) is 2.56. The van der Waals surface area contributed by atoms with Gasteiger partial charge in [-0.2, -0.15) is 5.26 Å². The molecule has 0 aliphatic carbocycles. The number of nitriles is 1. The third-order valence-corrected chi connectivity index (χ3v) is 3.24. The Morgan fingerprint density at radius 2 is 2.25 bits per heavy atom. The van der Waals surface area contributed by atoms with Crippen LogP contribution in [-0.2, 0) is 6.42 Å². The standard InChI is InChI=1S/C10H9NS/c11-7-10-9-4-2-1-3-8(9)5-6-12-10/h1-4,10H,5-6H2/t10-/m0/s1. The fraction of sp³-hybridized carbons (Fsp3) is 0.300. The Morgan fingerprint density at radius 1 is 1.42 bits per heavy atom. The van der Waals surface area contributed by atoms with Gasteiger partial charge in [-0.05, 0) is 23.3 Å². The normalized spacial score (nSPS) is 21.1. The van der Waals surface area contributed by atoms with Crippen molar-refractivity contribution in [3.8, 4) is 6.07 Å². The summed E-state index contributed by atoms with van der Waals surface area (Å²) in [5.74, 6) is 1.08. The second-order valence-corrected chi connectivity index (χ2v) is 4.04. The summed E-state index contributed by atoms with van der Waals surface area (Å²) >= 11 is 1.74. The van der Waals surface area contributed by atoms with E-state index in [1.54, 1.807) is 11.8 Å². The first kappa shape index (κ1) is 7.70. The van der Waals surface area contributed by atoms with Gasteiger partial charge in [0.05, 0.1) is 6.07 Å². The predicted octanol–water partition coefficient (Wildman–Crippen LogP) is 2.54. The van der Waals surface area contributed by atoms with Crippen LogP contribution in [0.4, 0.5) is 0 Å². The Bertz CT molecular complexity index is 327. The largest absolute Gasteiger partial charge is 0.197 e. The van der Waals surface area contributed by atoms with Crippen molar-refractivity contribution in [2.24, 2.45) is 0 Å². The molecule has 0 unspecified atom stereocenters. The molecule has 2 rings (SSSR count). The van der Waals surface area contributed by atoms with Crippen LogP contribution < -0.4 is 0 Å². The minimum absolute atomic E-state index is 0.0648. The minimum atomic E-state index is 0.0648. The molecule has 0 radical (unpaired) electrons. The number of fused-ring (bicyclic) bond motifs is 1. The second kappa shape index (κ2) is 3.20. The van der Waals surface area contributed by atoms with Gasteiger partial charge in [0.1, 0.15) is 5.25 Å². The molecule has 0 bridgehead atoms. The number of benzene rings is 1. The highest BCUT2D eigenvalue weighted by molar-refractivity contribution is 7.99. The van der Waals surface area contributed by atoms with Crippen molar-refractivity contribution in [3.05, 3.63) is 35.4 Å². The van der Waals surface area contributed by atoms with Gasteiger partial charge >= 0.3 is 0 Å². The highest BCUT2D eigenvalue weighted by Gasteiger charge is 2.18. The van der Waals surface area contributed by atoms with E-state index in [4.69, 9.17) is 5.26 Å². The molecular weight excluding hydrogens is 166 g/mol. The summed E-state index contributed by atoms with van der Waals surface area (Å²) in [6.07, 6.45) is 1.11. The molecule has 1 aliphatic heterocycles. The maximum absolute atomic E-state index is 8.87. The van der Waals surface area contributed by atoms with Gasteiger partial charge in [0.25, 0.3) is 0 Å². The summed E-state index contributed by atoms with van der Waals surface area (Å²) in [4.78, 5) is 0. The Hall–Kier alpha value is -0.940. The van der Waals surface area contributed by atoms with Crippen LogP contribution in [0.5, 0.6) is 0 Å². The molecule has 1 atom stereocenters. The molecule has 0 spiro atoms. The van der Waals surface area contributed by atoms with Gasteiger partial charge in [0, 0.05) is 0 Å². The van der Waals surface area contributed by atoms with Crippen molar-refractivity contribution in [3.63, 3.8) is 0 Å². The highest BCUT2D eigenvalue weighted by atomic mass is 32.2. The lowest BCUT2D eigenvalue weighted by molar-refractivity contribution is 1.04. The van der Waals surface area contributed by atoms with E-state index in [2.05, 4.69) is 18.2 Å². The van der Waals surface area contributed by atoms with Crippen LogP contribution >= 0.6 is 11.8 Å². The highest BCUT2D eigenvalue weighted by Crippen LogP contribution is 2.35. The molecule has 1 aromatic rings. The maximum Gasteiger partial charge on any atom is 0.117 e. The lowest BCUT2D eigenvalue weighted by Gasteiger charge is -2.19. The van der Waals surface area contributed by atoms with Crippen molar-refractivity contribution in [1.82, 2.24) is 0 Å². The summed E-state index contributed by atoms with van der Waals surface area (Å²) in [7, 11) is 0. The fourth-order valence-electron chi connectivity index (χ4n) is 1.50. The molecule has 0 amide bonds. The van der Waals surface area contributed by atoms with E-state index in [-0.39, 0.29) is 5.25 Å². The van der Waals surface area contributed by atoms with E-state index < -0.39 is 0 Å². The molecular formula is C10H9NS. The molecule has 0 aromatic heterocycles. The zero-order chi connectivity index (χ0) is 8.39. The first-order valence-electron chi connectivity index (χ1n) is 4.01. The van der Waals surface area contributed by atoms with Crippen LogP contribution in [0.2, 0.25) is 0 Å². The number of nitrogens with zero attached hydrogens (tertiary/aromatic N) is 1. The summed E-state index contributed by atoms with van der Waals surface area (Å²) in [6, 6.07) is 10.6. The molecule has 1 heterocycles. The average molecular weight is 175 g/mol.